The normalized spacial score (nSPS) is 15.4. The molecule has 0 radical (unpaired) electrons. The third-order valence-electron chi connectivity index (χ3n) is 3.61. The minimum Gasteiger partial charge on any atom is -0.395 e. The smallest absolute Gasteiger partial charge is 0.239 e. The van der Waals surface area contributed by atoms with Gasteiger partial charge in [0.15, 0.2) is 0 Å². The summed E-state index contributed by atoms with van der Waals surface area (Å²) >= 11 is 1.35. The maximum atomic E-state index is 12.1. The van der Waals surface area contributed by atoms with Crippen molar-refractivity contribution >= 4 is 22.2 Å². The molecule has 1 aromatic rings. The van der Waals surface area contributed by atoms with Crippen LogP contribution in [0.1, 0.15) is 31.2 Å². The molecule has 1 saturated carbocycles. The largest absolute Gasteiger partial charge is 0.395 e. The monoisotopic (exact) mass is 293 g/mol. The first-order valence-electron chi connectivity index (χ1n) is 6.87. The number of thiophene rings is 1. The van der Waals surface area contributed by atoms with Crippen molar-refractivity contribution in [1.29, 1.82) is 5.26 Å². The van der Waals surface area contributed by atoms with E-state index in [-0.39, 0.29) is 19.1 Å². The summed E-state index contributed by atoms with van der Waals surface area (Å²) in [5.74, 6) is -0.121. The number of hydrogen-bond donors (Lipinski definition) is 2. The van der Waals surface area contributed by atoms with E-state index in [0.29, 0.717) is 23.2 Å². The first-order valence-corrected chi connectivity index (χ1v) is 7.75. The van der Waals surface area contributed by atoms with Crippen LogP contribution in [0.4, 0.5) is 5.00 Å². The maximum Gasteiger partial charge on any atom is 0.239 e. The molecule has 108 valence electrons. The molecule has 1 aliphatic carbocycles. The number of hydrogen-bond acceptors (Lipinski definition) is 5. The van der Waals surface area contributed by atoms with Crippen LogP contribution in [0, 0.1) is 11.3 Å². The lowest BCUT2D eigenvalue weighted by Gasteiger charge is -2.27. The molecule has 2 N–H and O–H groups in total. The van der Waals surface area contributed by atoms with Crippen molar-refractivity contribution in [3.63, 3.8) is 0 Å². The van der Waals surface area contributed by atoms with E-state index in [1.165, 1.54) is 24.2 Å². The number of anilines is 1. The van der Waals surface area contributed by atoms with Crippen LogP contribution in [0.3, 0.4) is 0 Å². The highest BCUT2D eigenvalue weighted by Gasteiger charge is 2.24. The van der Waals surface area contributed by atoms with Gasteiger partial charge in [0.1, 0.15) is 11.1 Å². The number of nitrogens with zero attached hydrogens (tertiary/aromatic N) is 2. The molecule has 2 rings (SSSR count). The molecule has 0 spiro atoms. The number of nitriles is 1. The molecule has 0 atom stereocenters. The van der Waals surface area contributed by atoms with Crippen molar-refractivity contribution in [1.82, 2.24) is 4.90 Å². The highest BCUT2D eigenvalue weighted by Crippen LogP contribution is 2.24. The SMILES string of the molecule is N#Cc1ccsc1NC(=O)CN(CCO)C1CCCC1. The zero-order valence-electron chi connectivity index (χ0n) is 11.3. The van der Waals surface area contributed by atoms with Crippen molar-refractivity contribution in [3.05, 3.63) is 17.0 Å². The van der Waals surface area contributed by atoms with Gasteiger partial charge in [-0.15, -0.1) is 11.3 Å². The molecular formula is C14H19N3O2S. The topological polar surface area (TPSA) is 76.4 Å². The van der Waals surface area contributed by atoms with Crippen LogP contribution < -0.4 is 5.32 Å². The number of nitrogens with one attached hydrogen (secondary N) is 1. The molecule has 0 saturated heterocycles. The molecular weight excluding hydrogens is 274 g/mol. The van der Waals surface area contributed by atoms with Crippen molar-refractivity contribution in [2.75, 3.05) is 25.0 Å². The van der Waals surface area contributed by atoms with E-state index in [1.54, 1.807) is 11.4 Å². The van der Waals surface area contributed by atoms with Crippen LogP contribution in [-0.2, 0) is 4.79 Å². The second-order valence-electron chi connectivity index (χ2n) is 4.96. The van der Waals surface area contributed by atoms with Gasteiger partial charge in [-0.05, 0) is 24.3 Å². The van der Waals surface area contributed by atoms with Crippen LogP contribution in [0.25, 0.3) is 0 Å². The fourth-order valence-electron chi connectivity index (χ4n) is 2.63. The average molecular weight is 293 g/mol. The highest BCUT2D eigenvalue weighted by atomic mass is 32.1. The van der Waals surface area contributed by atoms with Gasteiger partial charge in [0.05, 0.1) is 18.7 Å². The second-order valence-corrected chi connectivity index (χ2v) is 5.87. The summed E-state index contributed by atoms with van der Waals surface area (Å²) in [7, 11) is 0. The fourth-order valence-corrected chi connectivity index (χ4v) is 3.39. The molecule has 1 heterocycles. The van der Waals surface area contributed by atoms with Crippen LogP contribution in [0.15, 0.2) is 11.4 Å². The highest BCUT2D eigenvalue weighted by molar-refractivity contribution is 7.14. The molecule has 0 bridgehead atoms. The molecule has 20 heavy (non-hydrogen) atoms. The standard InChI is InChI=1S/C14H19N3O2S/c15-9-11-5-8-20-14(11)16-13(19)10-17(6-7-18)12-3-1-2-4-12/h5,8,12,18H,1-4,6-7,10H2,(H,16,19). The van der Waals surface area contributed by atoms with E-state index < -0.39 is 0 Å². The summed E-state index contributed by atoms with van der Waals surface area (Å²) in [4.78, 5) is 14.1. The summed E-state index contributed by atoms with van der Waals surface area (Å²) in [5, 5.41) is 23.2. The number of rotatable bonds is 6. The van der Waals surface area contributed by atoms with Gasteiger partial charge in [0, 0.05) is 12.6 Å². The molecule has 1 fully saturated rings. The van der Waals surface area contributed by atoms with Gasteiger partial charge in [-0.25, -0.2) is 0 Å². The van der Waals surface area contributed by atoms with Crippen LogP contribution in [-0.4, -0.2) is 41.7 Å². The van der Waals surface area contributed by atoms with Gasteiger partial charge < -0.3 is 10.4 Å². The van der Waals surface area contributed by atoms with Gasteiger partial charge in [0.2, 0.25) is 5.91 Å². The van der Waals surface area contributed by atoms with Crippen LogP contribution in [0.2, 0.25) is 0 Å². The van der Waals surface area contributed by atoms with Crippen molar-refractivity contribution in [2.24, 2.45) is 0 Å². The summed E-state index contributed by atoms with van der Waals surface area (Å²) in [6.07, 6.45) is 4.57. The molecule has 0 aromatic carbocycles. The Labute approximate surface area is 122 Å². The van der Waals surface area contributed by atoms with Crippen molar-refractivity contribution < 1.29 is 9.90 Å². The van der Waals surface area contributed by atoms with Gasteiger partial charge in [-0.3, -0.25) is 9.69 Å². The predicted octanol–water partition coefficient (Wildman–Crippen LogP) is 1.80. The Bertz CT molecular complexity index is 489. The first kappa shape index (κ1) is 15.0. The van der Waals surface area contributed by atoms with Gasteiger partial charge in [0.25, 0.3) is 0 Å². The molecule has 5 nitrogen and oxygen atoms in total. The number of carbonyl (C=O) groups is 1. The van der Waals surface area contributed by atoms with Crippen molar-refractivity contribution in [3.8, 4) is 6.07 Å². The molecule has 0 aliphatic heterocycles. The lowest BCUT2D eigenvalue weighted by molar-refractivity contribution is -0.117. The quantitative estimate of drug-likeness (QED) is 0.838. The molecule has 1 amide bonds. The molecule has 1 aliphatic rings. The minimum atomic E-state index is -0.121. The zero-order valence-corrected chi connectivity index (χ0v) is 12.2. The fraction of sp³-hybridized carbons (Fsp3) is 0.571. The Kier molecular flexibility index (Phi) is 5.53. The number of carbonyl (C=O) groups excluding carboxylic acids is 1. The van der Waals surface area contributed by atoms with E-state index in [0.717, 1.165) is 12.8 Å². The van der Waals surface area contributed by atoms with Gasteiger partial charge in [-0.2, -0.15) is 5.26 Å². The summed E-state index contributed by atoms with van der Waals surface area (Å²) in [6.45, 7) is 0.855. The third kappa shape index (κ3) is 3.79. The lowest BCUT2D eigenvalue weighted by atomic mass is 10.2. The van der Waals surface area contributed by atoms with Crippen LogP contribution >= 0.6 is 11.3 Å². The van der Waals surface area contributed by atoms with Gasteiger partial charge in [-0.1, -0.05) is 12.8 Å². The van der Waals surface area contributed by atoms with E-state index in [2.05, 4.69) is 11.4 Å². The van der Waals surface area contributed by atoms with E-state index >= 15 is 0 Å². The maximum absolute atomic E-state index is 12.1. The Morgan fingerprint density at radius 1 is 1.55 bits per heavy atom. The predicted molar refractivity (Wildman–Crippen MR) is 78.6 cm³/mol. The second kappa shape index (κ2) is 7.39. The summed E-state index contributed by atoms with van der Waals surface area (Å²) in [5.41, 5.74) is 0.498. The van der Waals surface area contributed by atoms with Gasteiger partial charge >= 0.3 is 0 Å². The Hall–Kier alpha value is -1.42. The average Bonchev–Trinajstić information content (AvgIpc) is 3.09. The van der Waals surface area contributed by atoms with E-state index in [4.69, 9.17) is 10.4 Å². The number of amides is 1. The number of aliphatic hydroxyl groups is 1. The number of aliphatic hydroxyl groups excluding tert-OH is 1. The molecule has 6 heteroatoms. The van der Waals surface area contributed by atoms with E-state index in [1.807, 2.05) is 4.90 Å². The minimum absolute atomic E-state index is 0.0617. The molecule has 0 unspecified atom stereocenters. The summed E-state index contributed by atoms with van der Waals surface area (Å²) < 4.78 is 0. The molecule has 1 aromatic heterocycles. The Morgan fingerprint density at radius 3 is 2.95 bits per heavy atom. The lowest BCUT2D eigenvalue weighted by Crippen LogP contribution is -2.41. The zero-order chi connectivity index (χ0) is 14.4. The van der Waals surface area contributed by atoms with Crippen molar-refractivity contribution in [2.45, 2.75) is 31.7 Å². The third-order valence-corrected chi connectivity index (χ3v) is 4.44. The Balaban J connectivity index is 1.92. The van der Waals surface area contributed by atoms with Crippen LogP contribution in [0.5, 0.6) is 0 Å². The Morgan fingerprint density at radius 2 is 2.30 bits per heavy atom. The summed E-state index contributed by atoms with van der Waals surface area (Å²) in [6, 6.07) is 4.15. The van der Waals surface area contributed by atoms with E-state index in [9.17, 15) is 4.79 Å². The first-order chi connectivity index (χ1) is 9.74.